The highest BCUT2D eigenvalue weighted by Gasteiger charge is 2.24. The molecule has 1 aromatic carbocycles. The van der Waals surface area contributed by atoms with Crippen LogP contribution < -0.4 is 0 Å². The molecule has 25 heavy (non-hydrogen) atoms. The van der Waals surface area contributed by atoms with Crippen LogP contribution in [0.25, 0.3) is 17.1 Å². The van der Waals surface area contributed by atoms with E-state index in [-0.39, 0.29) is 11.2 Å². The lowest BCUT2D eigenvalue weighted by Gasteiger charge is -2.16. The molecule has 0 N–H and O–H groups in total. The Labute approximate surface area is 151 Å². The van der Waals surface area contributed by atoms with Gasteiger partial charge in [-0.15, -0.1) is 10.2 Å². The summed E-state index contributed by atoms with van der Waals surface area (Å²) >= 11 is 1.41. The van der Waals surface area contributed by atoms with Crippen LogP contribution in [-0.4, -0.2) is 26.3 Å². The van der Waals surface area contributed by atoms with Crippen molar-refractivity contribution in [1.29, 1.82) is 0 Å². The zero-order chi connectivity index (χ0) is 18.0. The van der Waals surface area contributed by atoms with Crippen molar-refractivity contribution < 1.29 is 9.21 Å². The molecule has 130 valence electrons. The summed E-state index contributed by atoms with van der Waals surface area (Å²) in [6, 6.07) is 11.8. The summed E-state index contributed by atoms with van der Waals surface area (Å²) < 4.78 is 7.39. The Morgan fingerprint density at radius 2 is 1.88 bits per heavy atom. The van der Waals surface area contributed by atoms with Crippen LogP contribution in [0, 0.1) is 12.3 Å². The molecule has 3 rings (SSSR count). The number of nitrogens with zero attached hydrogens (tertiary/aromatic N) is 3. The van der Waals surface area contributed by atoms with Crippen LogP contribution in [0.2, 0.25) is 0 Å². The Kier molecular flexibility index (Phi) is 4.81. The molecule has 0 amide bonds. The molecule has 0 atom stereocenters. The van der Waals surface area contributed by atoms with E-state index in [0.717, 1.165) is 17.0 Å². The highest BCUT2D eigenvalue weighted by atomic mass is 32.2. The van der Waals surface area contributed by atoms with Crippen LogP contribution in [0.3, 0.4) is 0 Å². The van der Waals surface area contributed by atoms with Gasteiger partial charge in [-0.3, -0.25) is 9.36 Å². The smallest absolute Gasteiger partial charge is 0.196 e. The predicted molar refractivity (Wildman–Crippen MR) is 99.0 cm³/mol. The third-order valence-electron chi connectivity index (χ3n) is 3.92. The molecule has 6 heteroatoms. The molecule has 0 aliphatic rings. The van der Waals surface area contributed by atoms with Gasteiger partial charge in [0.1, 0.15) is 11.5 Å². The number of furan rings is 1. The molecule has 0 radical (unpaired) electrons. The first kappa shape index (κ1) is 17.5. The first-order valence-corrected chi connectivity index (χ1v) is 9.08. The summed E-state index contributed by atoms with van der Waals surface area (Å²) in [4.78, 5) is 12.3. The van der Waals surface area contributed by atoms with Gasteiger partial charge in [0, 0.05) is 11.1 Å². The Balaban J connectivity index is 2.01. The molecule has 0 saturated carbocycles. The predicted octanol–water partition coefficient (Wildman–Crippen LogP) is 4.54. The number of rotatable bonds is 5. The normalized spacial score (nSPS) is 11.7. The van der Waals surface area contributed by atoms with Crippen molar-refractivity contribution in [2.45, 2.75) is 32.9 Å². The van der Waals surface area contributed by atoms with E-state index in [1.54, 1.807) is 6.26 Å². The molecule has 0 aliphatic heterocycles. The van der Waals surface area contributed by atoms with E-state index in [0.29, 0.717) is 16.7 Å². The number of para-hydroxylation sites is 1. The summed E-state index contributed by atoms with van der Waals surface area (Å²) in [5.74, 6) is 2.04. The van der Waals surface area contributed by atoms with Gasteiger partial charge in [-0.1, -0.05) is 50.7 Å². The Morgan fingerprint density at radius 3 is 2.48 bits per heavy atom. The second-order valence-corrected chi connectivity index (χ2v) is 7.77. The van der Waals surface area contributed by atoms with E-state index in [2.05, 4.69) is 10.2 Å². The van der Waals surface area contributed by atoms with Crippen LogP contribution in [0.15, 0.2) is 52.2 Å². The molecular weight excluding hydrogens is 334 g/mol. The monoisotopic (exact) mass is 355 g/mol. The van der Waals surface area contributed by atoms with E-state index in [9.17, 15) is 4.79 Å². The lowest BCUT2D eigenvalue weighted by molar-refractivity contribution is -0.123. The maximum Gasteiger partial charge on any atom is 0.196 e. The number of Topliss-reactive ketones (excluding diaryl/α,β-unsaturated/α-hetero) is 1. The van der Waals surface area contributed by atoms with Crippen LogP contribution >= 0.6 is 11.8 Å². The van der Waals surface area contributed by atoms with Crippen LogP contribution in [0.5, 0.6) is 0 Å². The van der Waals surface area contributed by atoms with Crippen molar-refractivity contribution in [3.8, 4) is 17.1 Å². The highest BCUT2D eigenvalue weighted by Crippen LogP contribution is 2.31. The zero-order valence-corrected chi connectivity index (χ0v) is 15.6. The number of aryl methyl sites for hydroxylation is 1. The summed E-state index contributed by atoms with van der Waals surface area (Å²) in [5, 5.41) is 9.38. The Morgan fingerprint density at radius 1 is 1.16 bits per heavy atom. The Bertz CT molecular complexity index is 876. The lowest BCUT2D eigenvalue weighted by atomic mass is 9.92. The molecule has 2 aromatic heterocycles. The maximum absolute atomic E-state index is 12.3. The number of benzene rings is 1. The number of carbonyl (C=O) groups is 1. The number of hydrogen-bond acceptors (Lipinski definition) is 5. The van der Waals surface area contributed by atoms with Gasteiger partial charge in [0.25, 0.3) is 0 Å². The molecule has 2 heterocycles. The minimum atomic E-state index is -0.366. The zero-order valence-electron chi connectivity index (χ0n) is 14.8. The van der Waals surface area contributed by atoms with Crippen molar-refractivity contribution in [3.63, 3.8) is 0 Å². The van der Waals surface area contributed by atoms with Crippen molar-refractivity contribution in [2.24, 2.45) is 5.41 Å². The number of aromatic nitrogens is 3. The average molecular weight is 355 g/mol. The SMILES string of the molecule is Cc1occc1-c1nnc(SCC(=O)C(C)(C)C)n1-c1ccccc1. The second-order valence-electron chi connectivity index (χ2n) is 6.83. The van der Waals surface area contributed by atoms with Gasteiger partial charge in [-0.2, -0.15) is 0 Å². The van der Waals surface area contributed by atoms with Crippen molar-refractivity contribution in [2.75, 3.05) is 5.75 Å². The molecule has 3 aromatic rings. The van der Waals surface area contributed by atoms with Gasteiger partial charge in [0.15, 0.2) is 11.0 Å². The van der Waals surface area contributed by atoms with E-state index >= 15 is 0 Å². The number of hydrogen-bond donors (Lipinski definition) is 0. The van der Waals surface area contributed by atoms with Crippen molar-refractivity contribution in [3.05, 3.63) is 48.4 Å². The summed E-state index contributed by atoms with van der Waals surface area (Å²) in [7, 11) is 0. The topological polar surface area (TPSA) is 60.9 Å². The summed E-state index contributed by atoms with van der Waals surface area (Å²) in [6.45, 7) is 7.68. The fraction of sp³-hybridized carbons (Fsp3) is 0.316. The van der Waals surface area contributed by atoms with Gasteiger partial charge in [0.05, 0.1) is 17.6 Å². The van der Waals surface area contributed by atoms with Crippen molar-refractivity contribution in [1.82, 2.24) is 14.8 Å². The Hall–Kier alpha value is -2.34. The quantitative estimate of drug-likeness (QED) is 0.629. The molecule has 0 aliphatic carbocycles. The molecule has 0 unspecified atom stereocenters. The minimum Gasteiger partial charge on any atom is -0.469 e. The van der Waals surface area contributed by atoms with Gasteiger partial charge in [0.2, 0.25) is 0 Å². The van der Waals surface area contributed by atoms with Gasteiger partial charge >= 0.3 is 0 Å². The van der Waals surface area contributed by atoms with Gasteiger partial charge in [-0.05, 0) is 25.1 Å². The van der Waals surface area contributed by atoms with Crippen molar-refractivity contribution >= 4 is 17.5 Å². The maximum atomic E-state index is 12.3. The highest BCUT2D eigenvalue weighted by molar-refractivity contribution is 7.99. The fourth-order valence-electron chi connectivity index (χ4n) is 2.31. The van der Waals surface area contributed by atoms with Crippen LogP contribution in [0.1, 0.15) is 26.5 Å². The molecule has 0 saturated heterocycles. The number of carbonyl (C=O) groups excluding carboxylic acids is 1. The molecule has 0 bridgehead atoms. The average Bonchev–Trinajstić information content (AvgIpc) is 3.18. The minimum absolute atomic E-state index is 0.182. The standard InChI is InChI=1S/C19H21N3O2S/c1-13-15(10-11-24-13)17-20-21-18(25-12-16(23)19(2,3)4)22(17)14-8-6-5-7-9-14/h5-11H,12H2,1-4H3. The van der Waals surface area contributed by atoms with Gasteiger partial charge < -0.3 is 4.42 Å². The third-order valence-corrected chi connectivity index (χ3v) is 4.85. The van der Waals surface area contributed by atoms with E-state index < -0.39 is 0 Å². The van der Waals surface area contributed by atoms with E-state index in [1.807, 2.05) is 68.7 Å². The molecule has 5 nitrogen and oxygen atoms in total. The summed E-state index contributed by atoms with van der Waals surface area (Å²) in [6.07, 6.45) is 1.64. The van der Waals surface area contributed by atoms with Crippen LogP contribution in [-0.2, 0) is 4.79 Å². The van der Waals surface area contributed by atoms with Gasteiger partial charge in [-0.25, -0.2) is 0 Å². The third kappa shape index (κ3) is 3.69. The molecular formula is C19H21N3O2S. The number of thioether (sulfide) groups is 1. The molecule has 0 spiro atoms. The largest absolute Gasteiger partial charge is 0.469 e. The fourth-order valence-corrected chi connectivity index (χ4v) is 3.42. The van der Waals surface area contributed by atoms with E-state index in [4.69, 9.17) is 4.42 Å². The van der Waals surface area contributed by atoms with Crippen LogP contribution in [0.4, 0.5) is 0 Å². The summed E-state index contributed by atoms with van der Waals surface area (Å²) in [5.41, 5.74) is 1.48. The molecule has 0 fully saturated rings. The second kappa shape index (κ2) is 6.88. The first-order valence-electron chi connectivity index (χ1n) is 8.09. The first-order chi connectivity index (χ1) is 11.9. The number of ketones is 1. The lowest BCUT2D eigenvalue weighted by Crippen LogP contribution is -2.22. The van der Waals surface area contributed by atoms with E-state index in [1.165, 1.54) is 11.8 Å².